The fraction of sp³-hybridized carbons (Fsp3) is 0.143. The van der Waals surface area contributed by atoms with Gasteiger partial charge in [0.25, 0.3) is 6.01 Å². The van der Waals surface area contributed by atoms with Crippen molar-refractivity contribution >= 4 is 23.5 Å². The van der Waals surface area contributed by atoms with Gasteiger partial charge in [0.05, 0.1) is 12.2 Å². The van der Waals surface area contributed by atoms with E-state index in [0.29, 0.717) is 6.54 Å². The van der Waals surface area contributed by atoms with Crippen LogP contribution in [0.25, 0.3) is 0 Å². The van der Waals surface area contributed by atoms with Crippen LogP contribution in [0.2, 0.25) is 0 Å². The molecule has 2 aromatic heterocycles. The maximum atomic E-state index is 10.5. The molecule has 0 radical (unpaired) electrons. The third-order valence-corrected chi connectivity index (χ3v) is 2.10. The quantitative estimate of drug-likeness (QED) is 0.796. The first-order valence-electron chi connectivity index (χ1n) is 3.94. The van der Waals surface area contributed by atoms with Crippen molar-refractivity contribution in [2.24, 2.45) is 0 Å². The van der Waals surface area contributed by atoms with E-state index in [4.69, 9.17) is 9.52 Å². The molecule has 8 heteroatoms. The largest absolute Gasteiger partial charge is 0.476 e. The molecule has 0 fully saturated rings. The molecule has 15 heavy (non-hydrogen) atoms. The molecule has 0 aliphatic heterocycles. The van der Waals surface area contributed by atoms with Gasteiger partial charge in [-0.1, -0.05) is 4.49 Å². The number of carboxylic acid groups (broad SMARTS) is 1. The van der Waals surface area contributed by atoms with Gasteiger partial charge in [-0.2, -0.15) is 4.98 Å². The second-order valence-corrected chi connectivity index (χ2v) is 3.20. The van der Waals surface area contributed by atoms with Gasteiger partial charge < -0.3 is 14.8 Å². The number of nitrogens with one attached hydrogen (secondary N) is 1. The minimum Gasteiger partial charge on any atom is -0.476 e. The normalized spacial score (nSPS) is 10.1. The molecule has 0 amide bonds. The molecule has 0 aliphatic rings. The van der Waals surface area contributed by atoms with E-state index in [0.717, 1.165) is 12.0 Å². The number of nitrogens with zero attached hydrogens (tertiary/aromatic N) is 3. The van der Waals surface area contributed by atoms with E-state index in [-0.39, 0.29) is 11.7 Å². The molecule has 0 atom stereocenters. The molecular formula is C7H6N4O3S. The van der Waals surface area contributed by atoms with Gasteiger partial charge in [-0.15, -0.1) is 5.10 Å². The first-order valence-corrected chi connectivity index (χ1v) is 4.78. The van der Waals surface area contributed by atoms with Crippen molar-refractivity contribution in [3.05, 3.63) is 23.0 Å². The third-order valence-electron chi connectivity index (χ3n) is 1.55. The number of hydrogen-bond acceptors (Lipinski definition) is 7. The molecule has 0 saturated carbocycles. The van der Waals surface area contributed by atoms with Crippen LogP contribution < -0.4 is 5.32 Å². The van der Waals surface area contributed by atoms with E-state index >= 15 is 0 Å². The minimum absolute atomic E-state index is 0.131. The van der Waals surface area contributed by atoms with Crippen LogP contribution in [0, 0.1) is 0 Å². The summed E-state index contributed by atoms with van der Waals surface area (Å²) in [6.45, 7) is 0.399. The Morgan fingerprint density at radius 1 is 1.67 bits per heavy atom. The number of aromatic carboxylic acids is 1. The van der Waals surface area contributed by atoms with Gasteiger partial charge >= 0.3 is 5.97 Å². The molecule has 2 aromatic rings. The van der Waals surface area contributed by atoms with Crippen LogP contribution in [0.3, 0.4) is 0 Å². The summed E-state index contributed by atoms with van der Waals surface area (Å²) in [7, 11) is 0. The van der Waals surface area contributed by atoms with E-state index in [1.165, 1.54) is 11.5 Å². The lowest BCUT2D eigenvalue weighted by Crippen LogP contribution is -2.01. The molecule has 0 saturated heterocycles. The Kier molecular flexibility index (Phi) is 2.59. The minimum atomic E-state index is -1.12. The Hall–Kier alpha value is -1.96. The predicted molar refractivity (Wildman–Crippen MR) is 50.7 cm³/mol. The van der Waals surface area contributed by atoms with Gasteiger partial charge in [0, 0.05) is 5.38 Å². The number of hydrogen-bond donors (Lipinski definition) is 2. The number of aromatic nitrogens is 3. The van der Waals surface area contributed by atoms with E-state index in [9.17, 15) is 4.79 Å². The van der Waals surface area contributed by atoms with Crippen molar-refractivity contribution in [1.82, 2.24) is 14.6 Å². The van der Waals surface area contributed by atoms with Crippen molar-refractivity contribution in [3.63, 3.8) is 0 Å². The van der Waals surface area contributed by atoms with Crippen LogP contribution in [0.4, 0.5) is 6.01 Å². The number of carboxylic acids is 1. The van der Waals surface area contributed by atoms with Crippen LogP contribution in [0.15, 0.2) is 16.1 Å². The standard InChI is InChI=1S/C7H6N4O3S/c12-6(13)5-2-14-7(9-5)8-1-4-3-15-11-10-4/h2-3H,1H2,(H,8,9)(H,12,13). The van der Waals surface area contributed by atoms with Crippen LogP contribution in [-0.2, 0) is 6.54 Å². The van der Waals surface area contributed by atoms with Crippen LogP contribution in [0.1, 0.15) is 16.2 Å². The summed E-state index contributed by atoms with van der Waals surface area (Å²) in [5.74, 6) is -1.12. The molecule has 2 N–H and O–H groups in total. The molecule has 0 unspecified atom stereocenters. The average Bonchev–Trinajstić information content (AvgIpc) is 2.86. The highest BCUT2D eigenvalue weighted by molar-refractivity contribution is 7.03. The van der Waals surface area contributed by atoms with Crippen molar-refractivity contribution in [3.8, 4) is 0 Å². The molecule has 2 rings (SSSR count). The lowest BCUT2D eigenvalue weighted by atomic mass is 10.5. The van der Waals surface area contributed by atoms with Gasteiger partial charge in [-0.25, -0.2) is 4.79 Å². The van der Waals surface area contributed by atoms with E-state index in [1.807, 2.05) is 0 Å². The Morgan fingerprint density at radius 2 is 2.53 bits per heavy atom. The fourth-order valence-electron chi connectivity index (χ4n) is 0.880. The zero-order chi connectivity index (χ0) is 10.7. The first kappa shape index (κ1) is 9.59. The van der Waals surface area contributed by atoms with Gasteiger partial charge in [-0.05, 0) is 11.5 Å². The highest BCUT2D eigenvalue weighted by atomic mass is 32.1. The number of rotatable bonds is 4. The molecule has 0 bridgehead atoms. The maximum absolute atomic E-state index is 10.5. The van der Waals surface area contributed by atoms with E-state index in [1.54, 1.807) is 5.38 Å². The molecule has 2 heterocycles. The SMILES string of the molecule is O=C(O)c1coc(NCc2csnn2)n1. The molecule has 78 valence electrons. The zero-order valence-corrected chi connectivity index (χ0v) is 8.19. The summed E-state index contributed by atoms with van der Waals surface area (Å²) in [5, 5.41) is 16.9. The summed E-state index contributed by atoms with van der Waals surface area (Å²) in [5.41, 5.74) is 0.615. The van der Waals surface area contributed by atoms with Crippen molar-refractivity contribution in [1.29, 1.82) is 0 Å². The van der Waals surface area contributed by atoms with Gasteiger partial charge in [0.1, 0.15) is 6.26 Å². The average molecular weight is 226 g/mol. The van der Waals surface area contributed by atoms with Crippen molar-refractivity contribution in [2.45, 2.75) is 6.54 Å². The van der Waals surface area contributed by atoms with E-state index in [2.05, 4.69) is 19.9 Å². The fourth-order valence-corrected chi connectivity index (χ4v) is 1.33. The van der Waals surface area contributed by atoms with Crippen LogP contribution >= 0.6 is 11.5 Å². The number of anilines is 1. The second kappa shape index (κ2) is 4.05. The van der Waals surface area contributed by atoms with Gasteiger partial charge in [-0.3, -0.25) is 0 Å². The Balaban J connectivity index is 1.96. The summed E-state index contributed by atoms with van der Waals surface area (Å²) in [6, 6.07) is 0.153. The van der Waals surface area contributed by atoms with E-state index < -0.39 is 5.97 Å². The van der Waals surface area contributed by atoms with Crippen molar-refractivity contribution < 1.29 is 14.3 Å². The third kappa shape index (κ3) is 2.29. The summed E-state index contributed by atoms with van der Waals surface area (Å²) in [6.07, 6.45) is 1.07. The molecular weight excluding hydrogens is 220 g/mol. The second-order valence-electron chi connectivity index (χ2n) is 2.59. The molecule has 0 aromatic carbocycles. The molecule has 7 nitrogen and oxygen atoms in total. The summed E-state index contributed by atoms with van der Waals surface area (Å²) in [4.78, 5) is 14.2. The molecule has 0 spiro atoms. The van der Waals surface area contributed by atoms with Crippen LogP contribution in [-0.4, -0.2) is 25.6 Å². The number of carbonyl (C=O) groups is 1. The summed E-state index contributed by atoms with van der Waals surface area (Å²) < 4.78 is 8.55. The van der Waals surface area contributed by atoms with Crippen molar-refractivity contribution in [2.75, 3.05) is 5.32 Å². The Morgan fingerprint density at radius 3 is 3.13 bits per heavy atom. The predicted octanol–water partition coefficient (Wildman–Crippen LogP) is 0.836. The Bertz CT molecular complexity index is 453. The lowest BCUT2D eigenvalue weighted by Gasteiger charge is -1.95. The number of oxazole rings is 1. The topological polar surface area (TPSA) is 101 Å². The van der Waals surface area contributed by atoms with Gasteiger partial charge in [0.15, 0.2) is 5.69 Å². The smallest absolute Gasteiger partial charge is 0.357 e. The first-order chi connectivity index (χ1) is 7.25. The van der Waals surface area contributed by atoms with Crippen LogP contribution in [0.5, 0.6) is 0 Å². The Labute approximate surface area is 87.9 Å². The summed E-state index contributed by atoms with van der Waals surface area (Å²) >= 11 is 1.24. The zero-order valence-electron chi connectivity index (χ0n) is 7.38. The van der Waals surface area contributed by atoms with Gasteiger partial charge in [0.2, 0.25) is 0 Å². The highest BCUT2D eigenvalue weighted by Crippen LogP contribution is 2.08. The maximum Gasteiger partial charge on any atom is 0.357 e. The lowest BCUT2D eigenvalue weighted by molar-refractivity contribution is 0.0690. The highest BCUT2D eigenvalue weighted by Gasteiger charge is 2.09. The molecule has 0 aliphatic carbocycles. The monoisotopic (exact) mass is 226 g/mol.